The topological polar surface area (TPSA) is 34.1 Å². The van der Waals surface area contributed by atoms with Gasteiger partial charge in [-0.25, -0.2) is 4.39 Å². The fourth-order valence-corrected chi connectivity index (χ4v) is 1.73. The third kappa shape index (κ3) is 3.42. The summed E-state index contributed by atoms with van der Waals surface area (Å²) < 4.78 is 13.0. The van der Waals surface area contributed by atoms with Gasteiger partial charge in [0.05, 0.1) is 0 Å². The summed E-state index contributed by atoms with van der Waals surface area (Å²) in [4.78, 5) is 22.7. The lowest BCUT2D eigenvalue weighted by Crippen LogP contribution is -2.14. The van der Waals surface area contributed by atoms with Crippen LogP contribution in [-0.2, 0) is 4.79 Å². The summed E-state index contributed by atoms with van der Waals surface area (Å²) in [7, 11) is 0. The molecule has 0 amide bonds. The summed E-state index contributed by atoms with van der Waals surface area (Å²) >= 11 is 5.65. The van der Waals surface area contributed by atoms with Gasteiger partial charge in [-0.15, -0.1) is 0 Å². The highest BCUT2D eigenvalue weighted by Crippen LogP contribution is 2.18. The molecule has 0 aromatic heterocycles. The van der Waals surface area contributed by atoms with Crippen LogP contribution in [0.2, 0.25) is 5.02 Å². The summed E-state index contributed by atoms with van der Waals surface area (Å²) in [6.07, 6.45) is 0.160. The molecule has 0 heterocycles. The average molecular weight is 243 g/mol. The molecule has 0 aliphatic carbocycles. The molecule has 0 aliphatic heterocycles. The Kier molecular flexibility index (Phi) is 4.19. The van der Waals surface area contributed by atoms with Gasteiger partial charge in [-0.2, -0.15) is 0 Å². The van der Waals surface area contributed by atoms with Crippen molar-refractivity contribution in [2.24, 2.45) is 5.92 Å². The maximum Gasteiger partial charge on any atom is 0.166 e. The lowest BCUT2D eigenvalue weighted by molar-refractivity contribution is -0.117. The zero-order valence-corrected chi connectivity index (χ0v) is 9.84. The van der Waals surface area contributed by atoms with E-state index in [1.54, 1.807) is 6.92 Å². The van der Waals surface area contributed by atoms with Crippen molar-refractivity contribution in [2.75, 3.05) is 0 Å². The third-order valence-electron chi connectivity index (χ3n) is 2.19. The minimum absolute atomic E-state index is 0.0663. The van der Waals surface area contributed by atoms with Gasteiger partial charge in [0.15, 0.2) is 5.78 Å². The van der Waals surface area contributed by atoms with Crippen molar-refractivity contribution in [3.05, 3.63) is 34.6 Å². The van der Waals surface area contributed by atoms with Crippen LogP contribution < -0.4 is 0 Å². The quantitative estimate of drug-likeness (QED) is 0.760. The van der Waals surface area contributed by atoms with Gasteiger partial charge in [0.2, 0.25) is 0 Å². The van der Waals surface area contributed by atoms with Crippen molar-refractivity contribution < 1.29 is 14.0 Å². The van der Waals surface area contributed by atoms with Crippen LogP contribution in [0.15, 0.2) is 18.2 Å². The Morgan fingerprint density at radius 3 is 2.50 bits per heavy atom. The van der Waals surface area contributed by atoms with Crippen molar-refractivity contribution in [1.29, 1.82) is 0 Å². The van der Waals surface area contributed by atoms with Crippen molar-refractivity contribution >= 4 is 23.2 Å². The highest BCUT2D eigenvalue weighted by molar-refractivity contribution is 6.31. The number of carbonyl (C=O) groups excluding carboxylic acids is 2. The van der Waals surface area contributed by atoms with E-state index < -0.39 is 11.7 Å². The van der Waals surface area contributed by atoms with Gasteiger partial charge >= 0.3 is 0 Å². The van der Waals surface area contributed by atoms with Crippen molar-refractivity contribution in [2.45, 2.75) is 20.3 Å². The molecule has 2 nitrogen and oxygen atoms in total. The van der Waals surface area contributed by atoms with Crippen LogP contribution in [-0.4, -0.2) is 11.6 Å². The van der Waals surface area contributed by atoms with Crippen LogP contribution in [0.5, 0.6) is 0 Å². The summed E-state index contributed by atoms with van der Waals surface area (Å²) in [5.41, 5.74) is 0.207. The Bertz CT molecular complexity index is 409. The van der Waals surface area contributed by atoms with Crippen LogP contribution >= 0.6 is 11.6 Å². The average Bonchev–Trinajstić information content (AvgIpc) is 2.13. The molecule has 1 atom stereocenters. The molecule has 1 aromatic carbocycles. The Morgan fingerprint density at radius 1 is 1.38 bits per heavy atom. The fraction of sp³-hybridized carbons (Fsp3) is 0.333. The molecule has 0 aliphatic rings. The Labute approximate surface area is 98.4 Å². The largest absolute Gasteiger partial charge is 0.300 e. The second-order valence-corrected chi connectivity index (χ2v) is 4.27. The predicted octanol–water partition coefficient (Wildman–Crippen LogP) is 3.28. The maximum absolute atomic E-state index is 13.0. The first kappa shape index (κ1) is 12.8. The highest BCUT2D eigenvalue weighted by atomic mass is 35.5. The highest BCUT2D eigenvalue weighted by Gasteiger charge is 2.17. The van der Waals surface area contributed by atoms with E-state index in [0.717, 1.165) is 12.1 Å². The minimum Gasteiger partial charge on any atom is -0.300 e. The Hall–Kier alpha value is -1.22. The first-order chi connectivity index (χ1) is 7.40. The lowest BCUT2D eigenvalue weighted by Gasteiger charge is -2.08. The number of halogens is 2. The van der Waals surface area contributed by atoms with Crippen LogP contribution in [0.1, 0.15) is 30.6 Å². The molecule has 0 fully saturated rings. The van der Waals surface area contributed by atoms with Gasteiger partial charge in [-0.3, -0.25) is 4.79 Å². The van der Waals surface area contributed by atoms with Crippen LogP contribution in [0.25, 0.3) is 0 Å². The number of Topliss-reactive ketones (excluding diaryl/α,β-unsaturated/α-hetero) is 2. The van der Waals surface area contributed by atoms with Gasteiger partial charge in [0, 0.05) is 22.9 Å². The zero-order chi connectivity index (χ0) is 12.3. The molecule has 16 heavy (non-hydrogen) atoms. The zero-order valence-electron chi connectivity index (χ0n) is 9.09. The molecule has 0 saturated carbocycles. The van der Waals surface area contributed by atoms with Crippen LogP contribution in [0, 0.1) is 11.7 Å². The first-order valence-electron chi connectivity index (χ1n) is 4.90. The minimum atomic E-state index is -0.550. The van der Waals surface area contributed by atoms with E-state index in [1.165, 1.54) is 13.0 Å². The molecule has 0 bridgehead atoms. The maximum atomic E-state index is 13.0. The fourth-order valence-electron chi connectivity index (χ4n) is 1.50. The number of hydrogen-bond donors (Lipinski definition) is 0. The van der Waals surface area contributed by atoms with E-state index in [-0.39, 0.29) is 28.6 Å². The summed E-state index contributed by atoms with van der Waals surface area (Å²) in [5.74, 6) is -1.33. The van der Waals surface area contributed by atoms with E-state index in [1.807, 2.05) is 0 Å². The Morgan fingerprint density at radius 2 is 2.00 bits per heavy atom. The molecular formula is C12H12ClFO2. The molecule has 0 spiro atoms. The van der Waals surface area contributed by atoms with Gasteiger partial charge in [-0.1, -0.05) is 18.5 Å². The van der Waals surface area contributed by atoms with E-state index in [4.69, 9.17) is 11.6 Å². The number of benzene rings is 1. The molecule has 0 saturated heterocycles. The van der Waals surface area contributed by atoms with E-state index in [2.05, 4.69) is 0 Å². The van der Waals surface area contributed by atoms with E-state index in [0.29, 0.717) is 0 Å². The second kappa shape index (κ2) is 5.21. The first-order valence-corrected chi connectivity index (χ1v) is 5.27. The number of rotatable bonds is 4. The summed E-state index contributed by atoms with van der Waals surface area (Å²) in [6.45, 7) is 3.06. The van der Waals surface area contributed by atoms with Crippen molar-refractivity contribution in [1.82, 2.24) is 0 Å². The molecule has 4 heteroatoms. The van der Waals surface area contributed by atoms with Crippen LogP contribution in [0.4, 0.5) is 4.39 Å². The normalized spacial score (nSPS) is 12.2. The number of ketones is 2. The lowest BCUT2D eigenvalue weighted by atomic mass is 9.95. The molecule has 0 radical (unpaired) electrons. The number of hydrogen-bond acceptors (Lipinski definition) is 2. The Balaban J connectivity index is 2.91. The second-order valence-electron chi connectivity index (χ2n) is 3.83. The van der Waals surface area contributed by atoms with Gasteiger partial charge in [0.1, 0.15) is 11.6 Å². The molecule has 86 valence electrons. The monoisotopic (exact) mass is 242 g/mol. The van der Waals surface area contributed by atoms with Gasteiger partial charge in [0.25, 0.3) is 0 Å². The van der Waals surface area contributed by atoms with Crippen molar-refractivity contribution in [3.63, 3.8) is 0 Å². The summed E-state index contributed by atoms with van der Waals surface area (Å²) in [6, 6.07) is 3.67. The smallest absolute Gasteiger partial charge is 0.166 e. The molecule has 1 rings (SSSR count). The van der Waals surface area contributed by atoms with Gasteiger partial charge in [-0.05, 0) is 25.1 Å². The third-order valence-corrected chi connectivity index (χ3v) is 2.41. The number of carbonyl (C=O) groups is 2. The van der Waals surface area contributed by atoms with Gasteiger partial charge < -0.3 is 4.79 Å². The van der Waals surface area contributed by atoms with E-state index >= 15 is 0 Å². The standard InChI is InChI=1S/C12H12ClFO2/c1-7(3-8(2)15)12(16)9-4-10(13)6-11(14)5-9/h4-7H,3H2,1-2H3. The van der Waals surface area contributed by atoms with Crippen molar-refractivity contribution in [3.8, 4) is 0 Å². The predicted molar refractivity (Wildman–Crippen MR) is 60.2 cm³/mol. The SMILES string of the molecule is CC(=O)CC(C)C(=O)c1cc(F)cc(Cl)c1. The molecular weight excluding hydrogens is 231 g/mol. The molecule has 0 N–H and O–H groups in total. The molecule has 1 aromatic rings. The van der Waals surface area contributed by atoms with E-state index in [9.17, 15) is 14.0 Å². The summed E-state index contributed by atoms with van der Waals surface area (Å²) in [5, 5.41) is 0.179. The van der Waals surface area contributed by atoms with Crippen LogP contribution in [0.3, 0.4) is 0 Å². The molecule has 1 unspecified atom stereocenters.